The molecule has 0 fully saturated rings. The molecule has 5 nitrogen and oxygen atoms in total. The summed E-state index contributed by atoms with van der Waals surface area (Å²) >= 11 is 0. The van der Waals surface area contributed by atoms with Crippen molar-refractivity contribution in [1.29, 1.82) is 0 Å². The molecule has 0 aromatic heterocycles. The summed E-state index contributed by atoms with van der Waals surface area (Å²) in [6.07, 6.45) is 0. The first-order chi connectivity index (χ1) is 9.98. The van der Waals surface area contributed by atoms with Crippen LogP contribution in [0.3, 0.4) is 0 Å². The van der Waals surface area contributed by atoms with Crippen molar-refractivity contribution in [3.63, 3.8) is 0 Å². The Morgan fingerprint density at radius 1 is 1.14 bits per heavy atom. The topological polar surface area (TPSA) is 69.6 Å². The van der Waals surface area contributed by atoms with Gasteiger partial charge in [0.05, 0.1) is 10.6 Å². The van der Waals surface area contributed by atoms with Crippen LogP contribution in [-0.4, -0.2) is 27.1 Å². The van der Waals surface area contributed by atoms with Crippen LogP contribution in [0.2, 0.25) is 0 Å². The molecule has 0 saturated carbocycles. The Bertz CT molecular complexity index is 712. The Morgan fingerprint density at radius 3 is 2.33 bits per heavy atom. The SMILES string of the molecule is CCN(c1cccc(O)c1)S(=O)(=O)c1ccc(NC)cc1. The van der Waals surface area contributed by atoms with E-state index in [1.165, 1.54) is 16.4 Å². The summed E-state index contributed by atoms with van der Waals surface area (Å²) in [6.45, 7) is 2.03. The van der Waals surface area contributed by atoms with Crippen LogP contribution in [0.1, 0.15) is 6.92 Å². The van der Waals surface area contributed by atoms with Gasteiger partial charge in [-0.25, -0.2) is 8.42 Å². The number of benzene rings is 2. The highest BCUT2D eigenvalue weighted by molar-refractivity contribution is 7.92. The second-order valence-corrected chi connectivity index (χ2v) is 6.33. The Labute approximate surface area is 124 Å². The first kappa shape index (κ1) is 15.2. The minimum Gasteiger partial charge on any atom is -0.508 e. The van der Waals surface area contributed by atoms with Crippen molar-refractivity contribution in [2.24, 2.45) is 0 Å². The second kappa shape index (κ2) is 6.05. The Morgan fingerprint density at radius 2 is 1.81 bits per heavy atom. The number of nitrogens with one attached hydrogen (secondary N) is 1. The fraction of sp³-hybridized carbons (Fsp3) is 0.200. The maximum absolute atomic E-state index is 12.7. The van der Waals surface area contributed by atoms with E-state index >= 15 is 0 Å². The first-order valence-corrected chi connectivity index (χ1v) is 8.02. The molecule has 2 N–H and O–H groups in total. The standard InChI is InChI=1S/C15H18N2O3S/c1-3-17(13-5-4-6-14(18)11-13)21(19,20)15-9-7-12(16-2)8-10-15/h4-11,16,18H,3H2,1-2H3. The number of hydrogen-bond donors (Lipinski definition) is 2. The van der Waals surface area contributed by atoms with Crippen molar-refractivity contribution < 1.29 is 13.5 Å². The molecule has 6 heteroatoms. The average Bonchev–Trinajstić information content (AvgIpc) is 2.48. The minimum absolute atomic E-state index is 0.0340. The average molecular weight is 306 g/mol. The molecular weight excluding hydrogens is 288 g/mol. The van der Waals surface area contributed by atoms with Crippen LogP contribution in [0, 0.1) is 0 Å². The predicted octanol–water partition coefficient (Wildman–Crippen LogP) is 2.65. The van der Waals surface area contributed by atoms with Gasteiger partial charge in [-0.1, -0.05) is 6.07 Å². The summed E-state index contributed by atoms with van der Waals surface area (Å²) in [5.74, 6) is 0.0340. The first-order valence-electron chi connectivity index (χ1n) is 6.58. The van der Waals surface area contributed by atoms with Crippen LogP contribution in [0.4, 0.5) is 11.4 Å². The van der Waals surface area contributed by atoms with Gasteiger partial charge in [-0.15, -0.1) is 0 Å². The molecule has 0 radical (unpaired) electrons. The van der Waals surface area contributed by atoms with Gasteiger partial charge < -0.3 is 10.4 Å². The van der Waals surface area contributed by atoms with Crippen molar-refractivity contribution in [3.8, 4) is 5.75 Å². The molecule has 0 unspecified atom stereocenters. The van der Waals surface area contributed by atoms with E-state index < -0.39 is 10.0 Å². The maximum atomic E-state index is 12.7. The summed E-state index contributed by atoms with van der Waals surface area (Å²) in [6, 6.07) is 12.8. The molecule has 2 aromatic carbocycles. The minimum atomic E-state index is -3.65. The largest absolute Gasteiger partial charge is 0.508 e. The normalized spacial score (nSPS) is 11.1. The number of nitrogens with zero attached hydrogens (tertiary/aromatic N) is 1. The van der Waals surface area contributed by atoms with Gasteiger partial charge in [0.15, 0.2) is 0 Å². The fourth-order valence-electron chi connectivity index (χ4n) is 2.06. The lowest BCUT2D eigenvalue weighted by molar-refractivity contribution is 0.475. The molecule has 21 heavy (non-hydrogen) atoms. The zero-order chi connectivity index (χ0) is 15.5. The molecule has 0 amide bonds. The second-order valence-electron chi connectivity index (χ2n) is 4.46. The van der Waals surface area contributed by atoms with Crippen LogP contribution in [-0.2, 0) is 10.0 Å². The number of phenolic OH excluding ortho intramolecular Hbond substituents is 1. The third-order valence-corrected chi connectivity index (χ3v) is 5.05. The smallest absolute Gasteiger partial charge is 0.264 e. The van der Waals surface area contributed by atoms with E-state index in [4.69, 9.17) is 0 Å². The van der Waals surface area contributed by atoms with Gasteiger partial charge in [0.25, 0.3) is 10.0 Å². The van der Waals surface area contributed by atoms with Crippen LogP contribution >= 0.6 is 0 Å². The molecule has 0 saturated heterocycles. The molecule has 0 spiro atoms. The number of hydrogen-bond acceptors (Lipinski definition) is 4. The van der Waals surface area contributed by atoms with E-state index in [9.17, 15) is 13.5 Å². The van der Waals surface area contributed by atoms with E-state index in [1.807, 2.05) is 0 Å². The van der Waals surface area contributed by atoms with Crippen molar-refractivity contribution in [1.82, 2.24) is 0 Å². The van der Waals surface area contributed by atoms with E-state index in [-0.39, 0.29) is 17.2 Å². The lowest BCUT2D eigenvalue weighted by Crippen LogP contribution is -2.30. The molecule has 0 atom stereocenters. The zero-order valence-corrected chi connectivity index (χ0v) is 12.8. The number of rotatable bonds is 5. The number of anilines is 2. The summed E-state index contributed by atoms with van der Waals surface area (Å²) < 4.78 is 26.7. The molecule has 2 rings (SSSR count). The lowest BCUT2D eigenvalue weighted by Gasteiger charge is -2.23. The summed E-state index contributed by atoms with van der Waals surface area (Å²) in [7, 11) is -1.88. The molecule has 0 bridgehead atoms. The lowest BCUT2D eigenvalue weighted by atomic mass is 10.3. The zero-order valence-electron chi connectivity index (χ0n) is 11.9. The summed E-state index contributed by atoms with van der Waals surface area (Å²) in [5.41, 5.74) is 1.28. The van der Waals surface area contributed by atoms with Crippen LogP contribution in [0.5, 0.6) is 5.75 Å². The van der Waals surface area contributed by atoms with E-state index in [0.717, 1.165) is 5.69 Å². The molecule has 0 aliphatic heterocycles. The van der Waals surface area contributed by atoms with Crippen LogP contribution in [0.15, 0.2) is 53.4 Å². The maximum Gasteiger partial charge on any atom is 0.264 e. The molecule has 0 heterocycles. The van der Waals surface area contributed by atoms with Gasteiger partial charge in [0.2, 0.25) is 0 Å². The molecule has 0 aliphatic rings. The van der Waals surface area contributed by atoms with Gasteiger partial charge in [-0.2, -0.15) is 0 Å². The highest BCUT2D eigenvalue weighted by Crippen LogP contribution is 2.26. The highest BCUT2D eigenvalue weighted by Gasteiger charge is 2.23. The number of aromatic hydroxyl groups is 1. The van der Waals surface area contributed by atoms with Crippen molar-refractivity contribution >= 4 is 21.4 Å². The summed E-state index contributed by atoms with van der Waals surface area (Å²) in [5, 5.41) is 12.5. The van der Waals surface area contributed by atoms with Gasteiger partial charge in [-0.05, 0) is 43.3 Å². The number of phenols is 1. The Balaban J connectivity index is 2.44. The predicted molar refractivity (Wildman–Crippen MR) is 84.3 cm³/mol. The quantitative estimate of drug-likeness (QED) is 0.891. The van der Waals surface area contributed by atoms with Gasteiger partial charge in [0.1, 0.15) is 5.75 Å². The molecule has 2 aromatic rings. The molecular formula is C15H18N2O3S. The third-order valence-electron chi connectivity index (χ3n) is 3.14. The van der Waals surface area contributed by atoms with Gasteiger partial charge in [0, 0.05) is 25.3 Å². The van der Waals surface area contributed by atoms with Gasteiger partial charge in [-0.3, -0.25) is 4.31 Å². The van der Waals surface area contributed by atoms with Crippen molar-refractivity contribution in [2.75, 3.05) is 23.2 Å². The van der Waals surface area contributed by atoms with Crippen molar-refractivity contribution in [2.45, 2.75) is 11.8 Å². The monoisotopic (exact) mass is 306 g/mol. The molecule has 112 valence electrons. The Hall–Kier alpha value is -2.21. The number of sulfonamides is 1. The van der Waals surface area contributed by atoms with Gasteiger partial charge >= 0.3 is 0 Å². The fourth-order valence-corrected chi connectivity index (χ4v) is 3.53. The summed E-state index contributed by atoms with van der Waals surface area (Å²) in [4.78, 5) is 0.215. The van der Waals surface area contributed by atoms with Crippen molar-refractivity contribution in [3.05, 3.63) is 48.5 Å². The Kier molecular flexibility index (Phi) is 4.37. The highest BCUT2D eigenvalue weighted by atomic mass is 32.2. The molecule has 0 aliphatic carbocycles. The van der Waals surface area contributed by atoms with Crippen LogP contribution < -0.4 is 9.62 Å². The third kappa shape index (κ3) is 3.11. The van der Waals surface area contributed by atoms with E-state index in [2.05, 4.69) is 5.32 Å². The van der Waals surface area contributed by atoms with E-state index in [0.29, 0.717) is 5.69 Å². The van der Waals surface area contributed by atoms with Crippen LogP contribution in [0.25, 0.3) is 0 Å². The van der Waals surface area contributed by atoms with E-state index in [1.54, 1.807) is 50.4 Å².